The minimum atomic E-state index is -4.01. The Balaban J connectivity index is 2.47. The van der Waals surface area contributed by atoms with Crippen LogP contribution in [0.3, 0.4) is 0 Å². The molecule has 6 nitrogen and oxygen atoms in total. The number of carboxylic acid groups (broad SMARTS) is 1. The van der Waals surface area contributed by atoms with Crippen molar-refractivity contribution >= 4 is 44.6 Å². The topological polar surface area (TPSA) is 107 Å². The van der Waals surface area contributed by atoms with E-state index in [0.29, 0.717) is 0 Å². The van der Waals surface area contributed by atoms with Gasteiger partial charge in [0.1, 0.15) is 15.2 Å². The number of rotatable bonds is 4. The van der Waals surface area contributed by atoms with Gasteiger partial charge in [0.25, 0.3) is 10.0 Å². The number of aromatic carboxylic acids is 1. The van der Waals surface area contributed by atoms with Gasteiger partial charge in [-0.2, -0.15) is 5.26 Å². The molecule has 2 N–H and O–H groups in total. The van der Waals surface area contributed by atoms with Crippen LogP contribution < -0.4 is 4.72 Å². The van der Waals surface area contributed by atoms with Crippen LogP contribution in [0.4, 0.5) is 5.69 Å². The van der Waals surface area contributed by atoms with E-state index in [1.54, 1.807) is 0 Å². The van der Waals surface area contributed by atoms with Crippen LogP contribution in [0.15, 0.2) is 34.5 Å². The third-order valence-electron chi connectivity index (χ3n) is 2.44. The Morgan fingerprint density at radius 1 is 1.33 bits per heavy atom. The number of anilines is 1. The molecule has 0 amide bonds. The van der Waals surface area contributed by atoms with Gasteiger partial charge in [0.15, 0.2) is 0 Å². The number of carboxylic acids is 1. The molecule has 1 aromatic heterocycles. The molecule has 1 aromatic carbocycles. The van der Waals surface area contributed by atoms with Crippen molar-refractivity contribution < 1.29 is 18.3 Å². The van der Waals surface area contributed by atoms with E-state index in [4.69, 9.17) is 22.0 Å². The molecule has 0 fully saturated rings. The number of sulfonamides is 1. The van der Waals surface area contributed by atoms with Crippen molar-refractivity contribution in [2.45, 2.75) is 4.21 Å². The average Bonchev–Trinajstić information content (AvgIpc) is 2.90. The monoisotopic (exact) mass is 342 g/mol. The van der Waals surface area contributed by atoms with E-state index in [1.165, 1.54) is 30.3 Å². The maximum atomic E-state index is 12.2. The second kappa shape index (κ2) is 5.73. The Morgan fingerprint density at radius 3 is 2.62 bits per heavy atom. The molecule has 2 aromatic rings. The minimum Gasteiger partial charge on any atom is -0.478 e. The lowest BCUT2D eigenvalue weighted by atomic mass is 10.2. The van der Waals surface area contributed by atoms with Crippen LogP contribution in [0.1, 0.15) is 15.2 Å². The van der Waals surface area contributed by atoms with Crippen molar-refractivity contribution in [2.75, 3.05) is 4.72 Å². The predicted octanol–water partition coefficient (Wildman–Crippen LogP) is 2.77. The Labute approximate surface area is 129 Å². The molecule has 9 heteroatoms. The van der Waals surface area contributed by atoms with Gasteiger partial charge in [-0.25, -0.2) is 13.2 Å². The first-order chi connectivity index (χ1) is 9.85. The first kappa shape index (κ1) is 15.3. The van der Waals surface area contributed by atoms with Gasteiger partial charge in [-0.1, -0.05) is 17.7 Å². The molecule has 0 aliphatic rings. The highest BCUT2D eigenvalue weighted by atomic mass is 35.5. The second-order valence-corrected chi connectivity index (χ2v) is 7.20. The van der Waals surface area contributed by atoms with Crippen molar-refractivity contribution in [3.8, 4) is 6.07 Å². The lowest BCUT2D eigenvalue weighted by Crippen LogP contribution is -2.15. The first-order valence-corrected chi connectivity index (χ1v) is 8.07. The number of benzene rings is 1. The van der Waals surface area contributed by atoms with E-state index < -0.39 is 16.0 Å². The molecule has 0 radical (unpaired) electrons. The lowest BCUT2D eigenvalue weighted by molar-refractivity contribution is 0.0698. The Morgan fingerprint density at radius 2 is 2.05 bits per heavy atom. The summed E-state index contributed by atoms with van der Waals surface area (Å²) in [6.07, 6.45) is 0. The molecule has 0 aliphatic heterocycles. The van der Waals surface area contributed by atoms with Crippen molar-refractivity contribution in [2.24, 2.45) is 0 Å². The Kier molecular flexibility index (Phi) is 4.18. The van der Waals surface area contributed by atoms with Crippen LogP contribution in [0, 0.1) is 11.3 Å². The fourth-order valence-electron chi connectivity index (χ4n) is 1.52. The summed E-state index contributed by atoms with van der Waals surface area (Å²) in [5.41, 5.74) is -0.471. The third kappa shape index (κ3) is 3.16. The molecule has 108 valence electrons. The van der Waals surface area contributed by atoms with Crippen molar-refractivity contribution in [1.82, 2.24) is 0 Å². The quantitative estimate of drug-likeness (QED) is 0.888. The van der Waals surface area contributed by atoms with Gasteiger partial charge in [-0.15, -0.1) is 11.3 Å². The average molecular weight is 343 g/mol. The summed E-state index contributed by atoms with van der Waals surface area (Å²) in [6, 6.07) is 8.48. The fourth-order valence-corrected chi connectivity index (χ4v) is 4.00. The fraction of sp³-hybridized carbons (Fsp3) is 0. The van der Waals surface area contributed by atoms with Crippen molar-refractivity contribution in [1.29, 1.82) is 5.26 Å². The van der Waals surface area contributed by atoms with E-state index in [9.17, 15) is 13.2 Å². The summed E-state index contributed by atoms with van der Waals surface area (Å²) < 4.78 is 26.4. The number of nitrogens with zero attached hydrogens (tertiary/aromatic N) is 1. The van der Waals surface area contributed by atoms with Crippen LogP contribution in [0.25, 0.3) is 0 Å². The van der Waals surface area contributed by atoms with Crippen LogP contribution in [-0.4, -0.2) is 19.5 Å². The number of carbonyl (C=O) groups is 1. The summed E-state index contributed by atoms with van der Waals surface area (Å²) in [6.45, 7) is 0. The largest absolute Gasteiger partial charge is 0.478 e. The summed E-state index contributed by atoms with van der Waals surface area (Å²) in [4.78, 5) is 11.3. The Hall–Kier alpha value is -2.08. The highest BCUT2D eigenvalue weighted by Gasteiger charge is 2.22. The van der Waals surface area contributed by atoms with E-state index in [0.717, 1.165) is 11.3 Å². The number of thiophene rings is 1. The van der Waals surface area contributed by atoms with Crippen LogP contribution in [-0.2, 0) is 10.0 Å². The molecule has 2 rings (SSSR count). The number of hydrogen-bond donors (Lipinski definition) is 2. The molecule has 0 unspecified atom stereocenters. The normalized spacial score (nSPS) is 10.9. The number of para-hydroxylation sites is 1. The summed E-state index contributed by atoms with van der Waals surface area (Å²) >= 11 is 6.64. The molecule has 0 saturated carbocycles. The van der Waals surface area contributed by atoms with E-state index >= 15 is 0 Å². The van der Waals surface area contributed by atoms with E-state index in [1.807, 2.05) is 6.07 Å². The summed E-state index contributed by atoms with van der Waals surface area (Å²) in [7, 11) is -4.01. The first-order valence-electron chi connectivity index (χ1n) is 5.39. The van der Waals surface area contributed by atoms with Crippen molar-refractivity contribution in [3.05, 3.63) is 45.8 Å². The SMILES string of the molecule is N#Cc1ccc(S(=O)(=O)Nc2c(Cl)cccc2C(=O)O)s1. The van der Waals surface area contributed by atoms with Gasteiger partial charge in [-0.3, -0.25) is 4.72 Å². The zero-order chi connectivity index (χ0) is 15.6. The van der Waals surface area contributed by atoms with Crippen LogP contribution in [0.5, 0.6) is 0 Å². The molecule has 0 atom stereocenters. The zero-order valence-electron chi connectivity index (χ0n) is 10.2. The van der Waals surface area contributed by atoms with Gasteiger partial charge in [-0.05, 0) is 24.3 Å². The number of halogens is 1. The number of nitrogens with one attached hydrogen (secondary N) is 1. The summed E-state index contributed by atoms with van der Waals surface area (Å²) in [5.74, 6) is -1.31. The second-order valence-electron chi connectivity index (χ2n) is 3.80. The Bertz CT molecular complexity index is 852. The number of nitriles is 1. The standard InChI is InChI=1S/C12H7ClN2O4S2/c13-9-3-1-2-8(12(16)17)11(9)15-21(18,19)10-5-4-7(6-14)20-10/h1-5,15H,(H,16,17). The molecular formula is C12H7ClN2O4S2. The zero-order valence-corrected chi connectivity index (χ0v) is 12.6. The predicted molar refractivity (Wildman–Crippen MR) is 78.3 cm³/mol. The van der Waals surface area contributed by atoms with Crippen LogP contribution >= 0.6 is 22.9 Å². The highest BCUT2D eigenvalue weighted by molar-refractivity contribution is 7.94. The van der Waals surface area contributed by atoms with Crippen LogP contribution in [0.2, 0.25) is 5.02 Å². The summed E-state index contributed by atoms with van der Waals surface area (Å²) in [5, 5.41) is 17.7. The molecule has 0 aliphatic carbocycles. The molecular weight excluding hydrogens is 336 g/mol. The molecule has 0 saturated heterocycles. The molecule has 0 bridgehead atoms. The van der Waals surface area contributed by atoms with E-state index in [2.05, 4.69) is 4.72 Å². The highest BCUT2D eigenvalue weighted by Crippen LogP contribution is 2.30. The molecule has 0 spiro atoms. The maximum Gasteiger partial charge on any atom is 0.337 e. The smallest absolute Gasteiger partial charge is 0.337 e. The van der Waals surface area contributed by atoms with Gasteiger partial charge in [0.2, 0.25) is 0 Å². The van der Waals surface area contributed by atoms with Gasteiger partial charge < -0.3 is 5.11 Å². The van der Waals surface area contributed by atoms with Gasteiger partial charge in [0.05, 0.1) is 16.3 Å². The van der Waals surface area contributed by atoms with Gasteiger partial charge in [0, 0.05) is 0 Å². The molecule has 21 heavy (non-hydrogen) atoms. The minimum absolute atomic E-state index is 0.0319. The van der Waals surface area contributed by atoms with E-state index in [-0.39, 0.29) is 25.4 Å². The maximum absolute atomic E-state index is 12.2. The third-order valence-corrected chi connectivity index (χ3v) is 5.58. The lowest BCUT2D eigenvalue weighted by Gasteiger charge is -2.10. The molecule has 1 heterocycles. The van der Waals surface area contributed by atoms with Crippen molar-refractivity contribution in [3.63, 3.8) is 0 Å². The van der Waals surface area contributed by atoms with Gasteiger partial charge >= 0.3 is 5.97 Å². The number of hydrogen-bond acceptors (Lipinski definition) is 5.